The minimum Gasteiger partial charge on any atom is -0.466 e. The number of nitrogens with zero attached hydrogens (tertiary/aromatic N) is 2. The van der Waals surface area contributed by atoms with E-state index in [1.54, 1.807) is 0 Å². The van der Waals surface area contributed by atoms with Gasteiger partial charge < -0.3 is 14.4 Å². The molecule has 0 aliphatic rings. The Morgan fingerprint density at radius 2 is 1.53 bits per heavy atom. The molecule has 0 aliphatic heterocycles. The number of methoxy groups -OCH3 is 1. The third kappa shape index (κ3) is 10.6. The molecule has 0 bridgehead atoms. The second-order valence-electron chi connectivity index (χ2n) is 8.44. The van der Waals surface area contributed by atoms with E-state index in [0.717, 1.165) is 49.1 Å². The van der Waals surface area contributed by atoms with Gasteiger partial charge in [0.05, 0.1) is 7.11 Å². The maximum Gasteiger partial charge on any atom is 0.411 e. The molecular weight excluding hydrogens is 462 g/mol. The number of hydrogen-bond acceptors (Lipinski definition) is 7. The molecule has 0 atom stereocenters. The zero-order chi connectivity index (χ0) is 26.3. The summed E-state index contributed by atoms with van der Waals surface area (Å²) in [5, 5.41) is 13.0. The molecule has 2 N–H and O–H groups in total. The van der Waals surface area contributed by atoms with Gasteiger partial charge in [0.25, 0.3) is 5.91 Å². The quantitative estimate of drug-likeness (QED) is 0.137. The Morgan fingerprint density at radius 3 is 2.17 bits per heavy atom. The third-order valence-corrected chi connectivity index (χ3v) is 5.43. The van der Waals surface area contributed by atoms with Crippen molar-refractivity contribution in [3.05, 3.63) is 71.8 Å². The Morgan fingerprint density at radius 1 is 0.889 bits per heavy atom. The van der Waals surface area contributed by atoms with Crippen molar-refractivity contribution >= 4 is 29.3 Å². The van der Waals surface area contributed by atoms with Crippen LogP contribution in [0.3, 0.4) is 0 Å². The van der Waals surface area contributed by atoms with Crippen molar-refractivity contribution in [3.8, 4) is 0 Å². The van der Waals surface area contributed by atoms with E-state index in [1.807, 2.05) is 67.5 Å². The lowest BCUT2D eigenvalue weighted by Crippen LogP contribution is -2.26. The molecule has 0 aliphatic carbocycles. The maximum absolute atomic E-state index is 12.0. The molecule has 0 saturated heterocycles. The predicted octanol–water partition coefficient (Wildman–Crippen LogP) is 4.55. The standard InChI is InChI=1S/C27H35N3O6/c1-29(2)24-15-13-23(14-16-24)28-27(33)36-20-22-11-9-21(10-12-22)8-6-4-5-7-19-30(34)25(31)17-18-26(32)35-3/h9-18,34H,4-8,19-20H2,1-3H3,(H,28,33)/b18-17+. The average Bonchev–Trinajstić information content (AvgIpc) is 2.88. The average molecular weight is 498 g/mol. The molecule has 194 valence electrons. The number of benzene rings is 2. The number of esters is 1. The Bertz CT molecular complexity index is 1000. The third-order valence-electron chi connectivity index (χ3n) is 5.43. The van der Waals surface area contributed by atoms with Crippen LogP contribution in [0.5, 0.6) is 0 Å². The molecule has 0 saturated carbocycles. The van der Waals surface area contributed by atoms with Crippen LogP contribution in [-0.2, 0) is 32.1 Å². The summed E-state index contributed by atoms with van der Waals surface area (Å²) in [7, 11) is 5.12. The van der Waals surface area contributed by atoms with Crippen LogP contribution >= 0.6 is 0 Å². The molecule has 0 heterocycles. The Labute approximate surface area is 212 Å². The number of amides is 2. The van der Waals surface area contributed by atoms with Gasteiger partial charge in [0.15, 0.2) is 0 Å². The van der Waals surface area contributed by atoms with Crippen molar-refractivity contribution < 1.29 is 29.1 Å². The zero-order valence-corrected chi connectivity index (χ0v) is 21.1. The first-order chi connectivity index (χ1) is 17.3. The highest BCUT2D eigenvalue weighted by molar-refractivity contribution is 5.93. The summed E-state index contributed by atoms with van der Waals surface area (Å²) < 4.78 is 9.71. The van der Waals surface area contributed by atoms with E-state index in [0.29, 0.717) is 17.2 Å². The van der Waals surface area contributed by atoms with Crippen molar-refractivity contribution in [2.75, 3.05) is 38.0 Å². The van der Waals surface area contributed by atoms with Crippen LogP contribution in [0, 0.1) is 0 Å². The van der Waals surface area contributed by atoms with Gasteiger partial charge in [-0.3, -0.25) is 15.3 Å². The molecule has 2 rings (SSSR count). The molecule has 0 spiro atoms. The molecule has 36 heavy (non-hydrogen) atoms. The number of carbonyl (C=O) groups is 3. The van der Waals surface area contributed by atoms with Crippen LogP contribution < -0.4 is 10.2 Å². The first-order valence-corrected chi connectivity index (χ1v) is 11.8. The molecule has 2 aromatic carbocycles. The van der Waals surface area contributed by atoms with Gasteiger partial charge in [-0.05, 0) is 54.7 Å². The van der Waals surface area contributed by atoms with Gasteiger partial charge in [-0.2, -0.15) is 0 Å². The van der Waals surface area contributed by atoms with E-state index >= 15 is 0 Å². The minimum atomic E-state index is -0.652. The second kappa shape index (κ2) is 15.2. The molecule has 0 fully saturated rings. The molecule has 9 heteroatoms. The summed E-state index contributed by atoms with van der Waals surface area (Å²) >= 11 is 0. The summed E-state index contributed by atoms with van der Waals surface area (Å²) in [6.45, 7) is 0.390. The van der Waals surface area contributed by atoms with Crippen LogP contribution in [0.15, 0.2) is 60.7 Å². The first-order valence-electron chi connectivity index (χ1n) is 11.8. The smallest absolute Gasteiger partial charge is 0.411 e. The lowest BCUT2D eigenvalue weighted by atomic mass is 10.0. The van der Waals surface area contributed by atoms with Gasteiger partial charge in [-0.1, -0.05) is 37.1 Å². The Kier molecular flexibility index (Phi) is 12.0. The van der Waals surface area contributed by atoms with Crippen molar-refractivity contribution in [1.82, 2.24) is 5.06 Å². The van der Waals surface area contributed by atoms with Crippen LogP contribution in [0.4, 0.5) is 16.2 Å². The summed E-state index contributed by atoms with van der Waals surface area (Å²) in [4.78, 5) is 36.6. The molecule has 0 radical (unpaired) electrons. The van der Waals surface area contributed by atoms with Gasteiger partial charge in [0, 0.05) is 44.2 Å². The number of unbranched alkanes of at least 4 members (excludes halogenated alkanes) is 3. The number of rotatable bonds is 13. The number of aryl methyl sites for hydroxylation is 1. The number of nitrogens with one attached hydrogen (secondary N) is 1. The van der Waals surface area contributed by atoms with Gasteiger partial charge in [-0.25, -0.2) is 14.7 Å². The zero-order valence-electron chi connectivity index (χ0n) is 21.1. The van der Waals surface area contributed by atoms with Gasteiger partial charge in [-0.15, -0.1) is 0 Å². The fraction of sp³-hybridized carbons (Fsp3) is 0.370. The number of hydrogen-bond donors (Lipinski definition) is 2. The summed E-state index contributed by atoms with van der Waals surface area (Å²) in [5.74, 6) is -1.30. The van der Waals surface area contributed by atoms with Crippen molar-refractivity contribution in [1.29, 1.82) is 0 Å². The number of carbonyl (C=O) groups excluding carboxylic acids is 3. The topological polar surface area (TPSA) is 108 Å². The Balaban J connectivity index is 1.60. The first kappa shape index (κ1) is 28.4. The van der Waals surface area contributed by atoms with Gasteiger partial charge in [0.1, 0.15) is 6.61 Å². The molecule has 0 unspecified atom stereocenters. The van der Waals surface area contributed by atoms with Crippen molar-refractivity contribution in [2.45, 2.75) is 38.7 Å². The maximum atomic E-state index is 12.0. The van der Waals surface area contributed by atoms with Crippen molar-refractivity contribution in [2.24, 2.45) is 0 Å². The number of ether oxygens (including phenoxy) is 2. The van der Waals surface area contributed by atoms with Crippen LogP contribution in [0.1, 0.15) is 36.8 Å². The fourth-order valence-electron chi connectivity index (χ4n) is 3.30. The fourth-order valence-corrected chi connectivity index (χ4v) is 3.30. The van der Waals surface area contributed by atoms with E-state index in [2.05, 4.69) is 10.1 Å². The highest BCUT2D eigenvalue weighted by Gasteiger charge is 2.08. The molecule has 0 aromatic heterocycles. The molecule has 2 amide bonds. The number of hydroxylamine groups is 2. The molecule has 2 aromatic rings. The monoisotopic (exact) mass is 497 g/mol. The summed E-state index contributed by atoms with van der Waals surface area (Å²) in [6.07, 6.45) is 5.83. The predicted molar refractivity (Wildman–Crippen MR) is 138 cm³/mol. The highest BCUT2D eigenvalue weighted by atomic mass is 16.5. The summed E-state index contributed by atoms with van der Waals surface area (Å²) in [5.41, 5.74) is 3.82. The minimum absolute atomic E-state index is 0.188. The Hall–Kier alpha value is -3.85. The highest BCUT2D eigenvalue weighted by Crippen LogP contribution is 2.16. The number of anilines is 2. The largest absolute Gasteiger partial charge is 0.466 e. The van der Waals surface area contributed by atoms with Crippen LogP contribution in [0.25, 0.3) is 0 Å². The lowest BCUT2D eigenvalue weighted by Gasteiger charge is -2.13. The van der Waals surface area contributed by atoms with E-state index in [-0.39, 0.29) is 13.2 Å². The normalized spacial score (nSPS) is 10.7. The SMILES string of the molecule is COC(=O)/C=C/C(=O)N(O)CCCCCCc1ccc(COC(=O)Nc2ccc(N(C)C)cc2)cc1. The van der Waals surface area contributed by atoms with Crippen LogP contribution in [-0.4, -0.2) is 56.0 Å². The van der Waals surface area contributed by atoms with E-state index in [1.165, 1.54) is 12.7 Å². The summed E-state index contributed by atoms with van der Waals surface area (Å²) in [6, 6.07) is 15.5. The van der Waals surface area contributed by atoms with Crippen molar-refractivity contribution in [3.63, 3.8) is 0 Å². The molecular formula is C27H35N3O6. The lowest BCUT2D eigenvalue weighted by molar-refractivity contribution is -0.159. The van der Waals surface area contributed by atoms with E-state index in [4.69, 9.17) is 4.74 Å². The van der Waals surface area contributed by atoms with Gasteiger partial charge in [0.2, 0.25) is 0 Å². The van der Waals surface area contributed by atoms with E-state index < -0.39 is 18.0 Å². The van der Waals surface area contributed by atoms with E-state index in [9.17, 15) is 19.6 Å². The second-order valence-corrected chi connectivity index (χ2v) is 8.44. The van der Waals surface area contributed by atoms with Crippen LogP contribution in [0.2, 0.25) is 0 Å². The molecule has 9 nitrogen and oxygen atoms in total. The van der Waals surface area contributed by atoms with Gasteiger partial charge >= 0.3 is 12.1 Å².